The molecule has 0 spiro atoms. The highest BCUT2D eigenvalue weighted by Gasteiger charge is 2.34. The number of carbonyl (C=O) groups is 2. The van der Waals surface area contributed by atoms with Gasteiger partial charge in [-0.1, -0.05) is 30.3 Å². The van der Waals surface area contributed by atoms with Gasteiger partial charge in [-0.05, 0) is 24.3 Å². The maximum Gasteiger partial charge on any atom is 0.261 e. The van der Waals surface area contributed by atoms with Crippen LogP contribution in [0, 0.1) is 0 Å². The second-order valence-electron chi connectivity index (χ2n) is 7.40. The molecule has 0 saturated carbocycles. The minimum Gasteiger partial charge on any atom is -0.490 e. The summed E-state index contributed by atoms with van der Waals surface area (Å²) < 4.78 is 6.05. The minimum absolute atomic E-state index is 0.195. The maximum atomic E-state index is 12.5. The summed E-state index contributed by atoms with van der Waals surface area (Å²) in [5.41, 5.74) is 0.958. The summed E-state index contributed by atoms with van der Waals surface area (Å²) in [6.45, 7) is 2.44. The van der Waals surface area contributed by atoms with Crippen LogP contribution >= 0.6 is 0 Å². The Hall–Kier alpha value is -3.35. The Balaban J connectivity index is 1.25. The molecule has 7 heteroatoms. The predicted molar refractivity (Wildman–Crippen MR) is 115 cm³/mol. The SMILES string of the molecule is CN=C(NCCN1C(=O)c2ccccc2C1=O)N1CCC(Oc2ccccc2)CC1. The van der Waals surface area contributed by atoms with E-state index in [1.807, 2.05) is 30.3 Å². The first-order chi connectivity index (χ1) is 14.7. The number of guanidine groups is 1. The first-order valence-corrected chi connectivity index (χ1v) is 10.3. The molecule has 156 valence electrons. The molecule has 1 saturated heterocycles. The lowest BCUT2D eigenvalue weighted by atomic mass is 10.1. The average molecular weight is 406 g/mol. The van der Waals surface area contributed by atoms with Crippen molar-refractivity contribution < 1.29 is 14.3 Å². The highest BCUT2D eigenvalue weighted by atomic mass is 16.5. The summed E-state index contributed by atoms with van der Waals surface area (Å²) in [4.78, 5) is 32.8. The van der Waals surface area contributed by atoms with E-state index in [1.54, 1.807) is 31.3 Å². The Morgan fingerprint density at radius 2 is 1.60 bits per heavy atom. The van der Waals surface area contributed by atoms with Crippen LogP contribution in [0.15, 0.2) is 59.6 Å². The zero-order chi connectivity index (χ0) is 20.9. The van der Waals surface area contributed by atoms with Gasteiger partial charge < -0.3 is 15.0 Å². The average Bonchev–Trinajstić information content (AvgIpc) is 3.03. The van der Waals surface area contributed by atoms with Gasteiger partial charge in [0, 0.05) is 46.1 Å². The monoisotopic (exact) mass is 406 g/mol. The first kappa shape index (κ1) is 19.9. The zero-order valence-corrected chi connectivity index (χ0v) is 17.1. The number of rotatable bonds is 5. The van der Waals surface area contributed by atoms with E-state index in [0.717, 1.165) is 37.6 Å². The molecule has 1 fully saturated rings. The zero-order valence-electron chi connectivity index (χ0n) is 17.1. The third-order valence-electron chi connectivity index (χ3n) is 5.50. The molecule has 2 heterocycles. The van der Waals surface area contributed by atoms with Gasteiger partial charge >= 0.3 is 0 Å². The number of ether oxygens (including phenoxy) is 1. The second-order valence-corrected chi connectivity index (χ2v) is 7.40. The molecule has 30 heavy (non-hydrogen) atoms. The maximum absolute atomic E-state index is 12.5. The lowest BCUT2D eigenvalue weighted by Crippen LogP contribution is -2.49. The molecule has 7 nitrogen and oxygen atoms in total. The van der Waals surface area contributed by atoms with Gasteiger partial charge in [0.1, 0.15) is 11.9 Å². The van der Waals surface area contributed by atoms with Crippen LogP contribution in [-0.4, -0.2) is 66.9 Å². The molecule has 1 N–H and O–H groups in total. The molecule has 0 aliphatic carbocycles. The number of likely N-dealkylation sites (tertiary alicyclic amines) is 1. The van der Waals surface area contributed by atoms with E-state index in [2.05, 4.69) is 15.2 Å². The van der Waals surface area contributed by atoms with Crippen molar-refractivity contribution in [1.29, 1.82) is 0 Å². The number of amides is 2. The Labute approximate surface area is 176 Å². The van der Waals surface area contributed by atoms with Gasteiger partial charge in [0.25, 0.3) is 11.8 Å². The molecule has 0 radical (unpaired) electrons. The summed E-state index contributed by atoms with van der Waals surface area (Å²) in [5, 5.41) is 3.29. The molecule has 2 aliphatic heterocycles. The van der Waals surface area contributed by atoms with Crippen molar-refractivity contribution in [3.8, 4) is 5.75 Å². The number of benzene rings is 2. The number of nitrogens with zero attached hydrogens (tertiary/aromatic N) is 3. The van der Waals surface area contributed by atoms with Crippen LogP contribution in [-0.2, 0) is 0 Å². The van der Waals surface area contributed by atoms with E-state index < -0.39 is 0 Å². The number of aliphatic imine (C=N–C) groups is 1. The van der Waals surface area contributed by atoms with Crippen LogP contribution in [0.1, 0.15) is 33.6 Å². The van der Waals surface area contributed by atoms with E-state index in [9.17, 15) is 9.59 Å². The molecule has 2 aromatic rings. The number of carbonyl (C=O) groups excluding carboxylic acids is 2. The molecule has 4 rings (SSSR count). The Bertz CT molecular complexity index is 901. The number of hydrogen-bond donors (Lipinski definition) is 1. The molecule has 0 unspecified atom stereocenters. The van der Waals surface area contributed by atoms with E-state index in [-0.39, 0.29) is 17.9 Å². The summed E-state index contributed by atoms with van der Waals surface area (Å²) in [6, 6.07) is 16.8. The minimum atomic E-state index is -0.230. The Morgan fingerprint density at radius 3 is 2.20 bits per heavy atom. The van der Waals surface area contributed by atoms with Gasteiger partial charge in [-0.3, -0.25) is 19.5 Å². The van der Waals surface area contributed by atoms with Crippen molar-refractivity contribution in [3.63, 3.8) is 0 Å². The van der Waals surface area contributed by atoms with Crippen molar-refractivity contribution in [2.24, 2.45) is 4.99 Å². The fraction of sp³-hybridized carbons (Fsp3) is 0.348. The van der Waals surface area contributed by atoms with Crippen LogP contribution in [0.5, 0.6) is 5.75 Å². The van der Waals surface area contributed by atoms with E-state index in [4.69, 9.17) is 4.74 Å². The predicted octanol–water partition coefficient (Wildman–Crippen LogP) is 2.40. The standard InChI is InChI=1S/C23H26N4O3/c1-24-23(26-14-11-18(12-15-26)30-17-7-3-2-4-8-17)25-13-16-27-21(28)19-9-5-6-10-20(19)22(27)29/h2-10,18H,11-16H2,1H3,(H,24,25). The van der Waals surface area contributed by atoms with Crippen molar-refractivity contribution >= 4 is 17.8 Å². The van der Waals surface area contributed by atoms with E-state index in [1.165, 1.54) is 4.90 Å². The lowest BCUT2D eigenvalue weighted by molar-refractivity contribution is 0.0656. The number of para-hydroxylation sites is 1. The molecule has 0 atom stereocenters. The number of fused-ring (bicyclic) bond motifs is 1. The second kappa shape index (κ2) is 8.98. The summed E-state index contributed by atoms with van der Waals surface area (Å²) in [5.74, 6) is 1.22. The number of piperidine rings is 1. The summed E-state index contributed by atoms with van der Waals surface area (Å²) in [7, 11) is 1.75. The molecule has 0 aromatic heterocycles. The Kier molecular flexibility index (Phi) is 5.97. The van der Waals surface area contributed by atoms with Crippen molar-refractivity contribution in [2.45, 2.75) is 18.9 Å². The number of nitrogens with one attached hydrogen (secondary N) is 1. The highest BCUT2D eigenvalue weighted by molar-refractivity contribution is 6.21. The normalized spacial score (nSPS) is 17.3. The number of imide groups is 1. The van der Waals surface area contributed by atoms with Gasteiger partial charge in [0.2, 0.25) is 0 Å². The first-order valence-electron chi connectivity index (χ1n) is 10.3. The fourth-order valence-electron chi connectivity index (χ4n) is 3.93. The van der Waals surface area contributed by atoms with Crippen molar-refractivity contribution in [1.82, 2.24) is 15.1 Å². The molecule has 2 aromatic carbocycles. The van der Waals surface area contributed by atoms with Crippen LogP contribution in [0.25, 0.3) is 0 Å². The van der Waals surface area contributed by atoms with Gasteiger partial charge in [-0.2, -0.15) is 0 Å². The highest BCUT2D eigenvalue weighted by Crippen LogP contribution is 2.22. The van der Waals surface area contributed by atoms with Crippen LogP contribution in [0.3, 0.4) is 0 Å². The number of hydrogen-bond acceptors (Lipinski definition) is 4. The Morgan fingerprint density at radius 1 is 1.00 bits per heavy atom. The molecular formula is C23H26N4O3. The van der Waals surface area contributed by atoms with Crippen LogP contribution in [0.4, 0.5) is 0 Å². The summed E-state index contributed by atoms with van der Waals surface area (Å²) in [6.07, 6.45) is 2.02. The van der Waals surface area contributed by atoms with Crippen molar-refractivity contribution in [2.75, 3.05) is 33.2 Å². The van der Waals surface area contributed by atoms with Gasteiger partial charge in [-0.25, -0.2) is 0 Å². The lowest BCUT2D eigenvalue weighted by Gasteiger charge is -2.34. The van der Waals surface area contributed by atoms with Crippen LogP contribution < -0.4 is 10.1 Å². The quantitative estimate of drug-likeness (QED) is 0.469. The largest absolute Gasteiger partial charge is 0.490 e. The third kappa shape index (κ3) is 4.15. The van der Waals surface area contributed by atoms with E-state index >= 15 is 0 Å². The van der Waals surface area contributed by atoms with Crippen LogP contribution in [0.2, 0.25) is 0 Å². The fourth-order valence-corrected chi connectivity index (χ4v) is 3.93. The van der Waals surface area contributed by atoms with Crippen molar-refractivity contribution in [3.05, 3.63) is 65.7 Å². The van der Waals surface area contributed by atoms with Gasteiger partial charge in [0.05, 0.1) is 11.1 Å². The molecule has 2 aliphatic rings. The topological polar surface area (TPSA) is 74.2 Å². The summed E-state index contributed by atoms with van der Waals surface area (Å²) >= 11 is 0. The third-order valence-corrected chi connectivity index (χ3v) is 5.50. The molecule has 0 bridgehead atoms. The van der Waals surface area contributed by atoms with Gasteiger partial charge in [0.15, 0.2) is 5.96 Å². The smallest absolute Gasteiger partial charge is 0.261 e. The van der Waals surface area contributed by atoms with E-state index in [0.29, 0.717) is 24.2 Å². The van der Waals surface area contributed by atoms with Gasteiger partial charge in [-0.15, -0.1) is 0 Å². The molecule has 2 amide bonds. The molecular weight excluding hydrogens is 380 g/mol.